The van der Waals surface area contributed by atoms with E-state index < -0.39 is 0 Å². The van der Waals surface area contributed by atoms with Crippen molar-refractivity contribution in [1.82, 2.24) is 0 Å². The second kappa shape index (κ2) is 28.0. The van der Waals surface area contributed by atoms with Crippen LogP contribution in [0.1, 0.15) is 250 Å². The molecule has 1 N–H and O–H groups in total. The van der Waals surface area contributed by atoms with E-state index in [2.05, 4.69) is 58.2 Å². The molecule has 1 atom stereocenters. The van der Waals surface area contributed by atoms with Crippen LogP contribution >= 0.6 is 0 Å². The maximum absolute atomic E-state index is 14.1. The molecule has 1 aromatic carbocycles. The number of pyridine rings is 1. The van der Waals surface area contributed by atoms with Gasteiger partial charge in [0.1, 0.15) is 5.75 Å². The lowest BCUT2D eigenvalue weighted by molar-refractivity contribution is -0.721. The second-order valence-corrected chi connectivity index (χ2v) is 16.1. The number of phenolic OH excluding ortho intramolecular Hbond substituents is 1. The minimum Gasteiger partial charge on any atom is -0.507 e. The third-order valence-corrected chi connectivity index (χ3v) is 11.3. The van der Waals surface area contributed by atoms with Crippen molar-refractivity contribution >= 4 is 11.6 Å². The average Bonchev–Trinajstić information content (AvgIpc) is 3.11. The molecule has 1 aromatic heterocycles. The first kappa shape index (κ1) is 45.7. The predicted octanol–water partition coefficient (Wildman–Crippen LogP) is 14.5. The van der Waals surface area contributed by atoms with E-state index in [-0.39, 0.29) is 28.9 Å². The first-order chi connectivity index (χ1) is 25.2. The maximum atomic E-state index is 14.1. The molecule has 0 amide bonds. The van der Waals surface area contributed by atoms with Gasteiger partial charge < -0.3 is 5.11 Å². The van der Waals surface area contributed by atoms with Crippen LogP contribution in [0.15, 0.2) is 24.3 Å². The molecule has 52 heavy (non-hydrogen) atoms. The fourth-order valence-corrected chi connectivity index (χ4v) is 8.26. The zero-order chi connectivity index (χ0) is 38.0. The Morgan fingerprint density at radius 2 is 0.846 bits per heavy atom. The summed E-state index contributed by atoms with van der Waals surface area (Å²) in [5.41, 5.74) is 4.99. The number of phenols is 1. The summed E-state index contributed by atoms with van der Waals surface area (Å²) in [7, 11) is 0. The van der Waals surface area contributed by atoms with Crippen LogP contribution in [0.5, 0.6) is 5.75 Å². The van der Waals surface area contributed by atoms with Gasteiger partial charge in [-0.1, -0.05) is 168 Å². The number of aromatic nitrogens is 1. The molecule has 1 heterocycles. The Labute approximate surface area is 321 Å². The van der Waals surface area contributed by atoms with Crippen molar-refractivity contribution in [2.75, 3.05) is 0 Å². The Morgan fingerprint density at radius 3 is 1.21 bits per heavy atom. The Morgan fingerprint density at radius 1 is 0.519 bits per heavy atom. The Bertz CT molecular complexity index is 1260. The number of carbonyl (C=O) groups excluding carboxylic acids is 2. The van der Waals surface area contributed by atoms with Gasteiger partial charge >= 0.3 is 0 Å². The molecule has 4 nitrogen and oxygen atoms in total. The van der Waals surface area contributed by atoms with Crippen LogP contribution in [0.3, 0.4) is 0 Å². The summed E-state index contributed by atoms with van der Waals surface area (Å²) in [6, 6.07) is 7.71. The number of carbonyl (C=O) groups is 2. The van der Waals surface area contributed by atoms with Gasteiger partial charge in [-0.15, -0.1) is 0 Å². The van der Waals surface area contributed by atoms with E-state index in [1.54, 1.807) is 6.07 Å². The number of unbranched alkanes of at least 4 members (excludes halogenated alkanes) is 24. The number of rotatable bonds is 32. The van der Waals surface area contributed by atoms with Crippen molar-refractivity contribution in [2.24, 2.45) is 0 Å². The van der Waals surface area contributed by atoms with Gasteiger partial charge in [0.05, 0.1) is 5.56 Å². The van der Waals surface area contributed by atoms with Crippen LogP contribution in [0.4, 0.5) is 0 Å². The van der Waals surface area contributed by atoms with E-state index in [9.17, 15) is 14.7 Å². The molecule has 1 unspecified atom stereocenters. The van der Waals surface area contributed by atoms with E-state index in [0.29, 0.717) is 18.4 Å². The van der Waals surface area contributed by atoms with E-state index in [4.69, 9.17) is 0 Å². The third-order valence-electron chi connectivity index (χ3n) is 11.3. The highest BCUT2D eigenvalue weighted by Gasteiger charge is 2.31. The number of hydrogen-bond donors (Lipinski definition) is 1. The number of ketones is 2. The molecule has 0 radical (unpaired) electrons. The number of Topliss-reactive ketones (excluding diaryl/α,β-unsaturated/α-hetero) is 2. The van der Waals surface area contributed by atoms with E-state index in [1.807, 2.05) is 6.07 Å². The van der Waals surface area contributed by atoms with Gasteiger partial charge in [0.15, 0.2) is 29.0 Å². The fourth-order valence-electron chi connectivity index (χ4n) is 8.26. The highest BCUT2D eigenvalue weighted by molar-refractivity contribution is 6.11. The number of benzene rings is 1. The van der Waals surface area contributed by atoms with Gasteiger partial charge in [-0.25, -0.2) is 0 Å². The lowest BCUT2D eigenvalue weighted by Gasteiger charge is -2.19. The van der Waals surface area contributed by atoms with Crippen LogP contribution in [0, 0.1) is 20.8 Å². The summed E-state index contributed by atoms with van der Waals surface area (Å²) in [4.78, 5) is 28.0. The highest BCUT2D eigenvalue weighted by atomic mass is 16.3. The first-order valence-corrected chi connectivity index (χ1v) is 22.1. The first-order valence-electron chi connectivity index (χ1n) is 22.1. The van der Waals surface area contributed by atoms with Gasteiger partial charge in [0.25, 0.3) is 0 Å². The SMILES string of the molecule is CCCCCCCCCCCCCCCC(=O)c1c(O)ccc(C(C)[n+]2c(C)cc(C)cc2C)c1C(=O)CCCCCCCCCCCCCCC. The summed E-state index contributed by atoms with van der Waals surface area (Å²) in [6.07, 6.45) is 33.4. The molecule has 4 heteroatoms. The van der Waals surface area contributed by atoms with Crippen molar-refractivity contribution in [1.29, 1.82) is 0 Å². The molecule has 0 aliphatic carbocycles. The lowest BCUT2D eigenvalue weighted by atomic mass is 9.87. The number of hydrogen-bond acceptors (Lipinski definition) is 3. The van der Waals surface area contributed by atoms with Gasteiger partial charge in [0, 0.05) is 56.9 Å². The van der Waals surface area contributed by atoms with Crippen molar-refractivity contribution in [3.05, 3.63) is 57.9 Å². The maximum Gasteiger partial charge on any atom is 0.182 e. The van der Waals surface area contributed by atoms with Crippen LogP contribution in [-0.2, 0) is 0 Å². The summed E-state index contributed by atoms with van der Waals surface area (Å²) < 4.78 is 2.25. The Kier molecular flexibility index (Phi) is 24.6. The zero-order valence-electron chi connectivity index (χ0n) is 34.9. The van der Waals surface area contributed by atoms with E-state index in [1.165, 1.54) is 134 Å². The fraction of sp³-hybridized carbons (Fsp3) is 0.729. The highest BCUT2D eigenvalue weighted by Crippen LogP contribution is 2.32. The van der Waals surface area contributed by atoms with Gasteiger partial charge in [-0.2, -0.15) is 4.57 Å². The summed E-state index contributed by atoms with van der Waals surface area (Å²) in [6.45, 7) is 13.0. The summed E-state index contributed by atoms with van der Waals surface area (Å²) >= 11 is 0. The zero-order valence-corrected chi connectivity index (χ0v) is 34.9. The molecule has 0 spiro atoms. The average molecular weight is 719 g/mol. The van der Waals surface area contributed by atoms with Crippen LogP contribution in [-0.4, -0.2) is 16.7 Å². The molecular formula is C48H80NO3+. The quantitative estimate of drug-likeness (QED) is 0.0465. The van der Waals surface area contributed by atoms with Crippen molar-refractivity contribution in [3.8, 4) is 5.75 Å². The van der Waals surface area contributed by atoms with Gasteiger partial charge in [-0.3, -0.25) is 9.59 Å². The third kappa shape index (κ3) is 17.6. The number of nitrogens with zero attached hydrogens (tertiary/aromatic N) is 1. The topological polar surface area (TPSA) is 58.2 Å². The molecule has 2 aromatic rings. The molecule has 0 fully saturated rings. The summed E-state index contributed by atoms with van der Waals surface area (Å²) in [5.74, 6) is -0.144. The monoisotopic (exact) mass is 719 g/mol. The smallest absolute Gasteiger partial charge is 0.182 e. The van der Waals surface area contributed by atoms with Crippen molar-refractivity contribution in [2.45, 2.75) is 227 Å². The molecule has 0 saturated heterocycles. The molecular weight excluding hydrogens is 639 g/mol. The minimum absolute atomic E-state index is 0.00226. The van der Waals surface area contributed by atoms with E-state index >= 15 is 0 Å². The normalized spacial score (nSPS) is 12.0. The largest absolute Gasteiger partial charge is 0.507 e. The van der Waals surface area contributed by atoms with Gasteiger partial charge in [0.2, 0.25) is 0 Å². The standard InChI is InChI=1S/C48H79NO3/c1-7-9-11-13-15-17-19-21-23-25-27-29-31-33-44(50)47-43(42(6)49-40(4)37-39(3)38-41(49)5)35-36-46(52)48(47)45(51)34-32-30-28-26-24-22-20-18-16-14-12-10-8-2/h35-38,42H,7-34H2,1-6H3/p+1. The van der Waals surface area contributed by atoms with Crippen molar-refractivity contribution in [3.63, 3.8) is 0 Å². The van der Waals surface area contributed by atoms with Crippen LogP contribution in [0.2, 0.25) is 0 Å². The second-order valence-electron chi connectivity index (χ2n) is 16.1. The Balaban J connectivity index is 1.98. The lowest BCUT2D eigenvalue weighted by Crippen LogP contribution is -2.45. The van der Waals surface area contributed by atoms with Gasteiger partial charge in [-0.05, 0) is 37.5 Å². The molecule has 0 saturated carbocycles. The Hall–Kier alpha value is -2.49. The predicted molar refractivity (Wildman–Crippen MR) is 222 cm³/mol. The molecule has 2 rings (SSSR count). The van der Waals surface area contributed by atoms with Crippen LogP contribution < -0.4 is 4.57 Å². The number of aromatic hydroxyl groups is 1. The number of aryl methyl sites for hydroxylation is 3. The molecule has 0 aliphatic heterocycles. The van der Waals surface area contributed by atoms with Crippen molar-refractivity contribution < 1.29 is 19.3 Å². The molecule has 294 valence electrons. The van der Waals surface area contributed by atoms with E-state index in [0.717, 1.165) is 55.5 Å². The van der Waals surface area contributed by atoms with Crippen LogP contribution in [0.25, 0.3) is 0 Å². The molecule has 0 bridgehead atoms. The minimum atomic E-state index is -0.144. The summed E-state index contributed by atoms with van der Waals surface area (Å²) in [5, 5.41) is 11.1. The molecule has 0 aliphatic rings.